The van der Waals surface area contributed by atoms with Gasteiger partial charge in [-0.05, 0) is 110 Å². The first-order valence-corrected chi connectivity index (χ1v) is 26.3. The van der Waals surface area contributed by atoms with Crippen LogP contribution in [-0.2, 0) is 50.2 Å². The molecule has 3 heterocycles. The number of aromatic nitrogens is 2. The van der Waals surface area contributed by atoms with Crippen molar-refractivity contribution in [2.75, 3.05) is 9.80 Å². The van der Waals surface area contributed by atoms with E-state index in [1.807, 2.05) is 12.3 Å². The predicted octanol–water partition coefficient (Wildman–Crippen LogP) is 18.6. The molecule has 9 aromatic rings. The fourth-order valence-corrected chi connectivity index (χ4v) is 10.5. The topological polar surface area (TPSA) is 33.5 Å². The monoisotopic (exact) mass is 1150 g/mol. The van der Waals surface area contributed by atoms with Crippen molar-refractivity contribution in [1.29, 1.82) is 0 Å². The Balaban J connectivity index is 0.00000672. The van der Waals surface area contributed by atoms with Crippen molar-refractivity contribution in [2.24, 2.45) is 11.8 Å². The molecule has 1 aliphatic rings. The fourth-order valence-electron chi connectivity index (χ4n) is 10.5. The Morgan fingerprint density at radius 2 is 1.14 bits per heavy atom. The zero-order valence-corrected chi connectivity index (χ0v) is 47.9. The molecule has 2 aromatic heterocycles. The van der Waals surface area contributed by atoms with Gasteiger partial charge >= 0.3 is 0 Å². The number of nitrogens with zero attached hydrogens (tertiary/aromatic N) is 4. The second-order valence-corrected chi connectivity index (χ2v) is 24.1. The summed E-state index contributed by atoms with van der Waals surface area (Å²) in [6, 6.07) is 60.9. The number of para-hydroxylation sites is 3. The van der Waals surface area contributed by atoms with Gasteiger partial charge in [-0.2, -0.15) is 6.07 Å². The van der Waals surface area contributed by atoms with E-state index >= 15 is 0 Å². The molecule has 0 atom stereocenters. The Morgan fingerprint density at radius 3 is 1.74 bits per heavy atom. The molecular formula is C68H71N4OPt-3. The number of hydrogen-bond acceptors (Lipinski definition) is 4. The van der Waals surface area contributed by atoms with Gasteiger partial charge in [-0.1, -0.05) is 192 Å². The van der Waals surface area contributed by atoms with Crippen LogP contribution in [0.15, 0.2) is 152 Å². The second kappa shape index (κ2) is 20.4. The average molecular weight is 1160 g/mol. The zero-order valence-electron chi connectivity index (χ0n) is 45.6. The normalized spacial score (nSPS) is 13.1. The minimum Gasteiger partial charge on any atom is -0.509 e. The maximum absolute atomic E-state index is 6.98. The molecule has 0 N–H and O–H groups in total. The minimum atomic E-state index is -0.0470. The van der Waals surface area contributed by atoms with Crippen LogP contribution in [0, 0.1) is 30.6 Å². The number of ether oxygens (including phenoxy) is 1. The Bertz CT molecular complexity index is 3430. The van der Waals surface area contributed by atoms with Crippen LogP contribution in [0.3, 0.4) is 0 Å². The molecule has 0 amide bonds. The standard InChI is InChI=1S/C68H71N4O.Pt/c1-44(2)34-46-30-31-59-58(36-46)64-49(35-45(3)4)39-55(42-62(64)72(59)63-40-52(32-33-69-63)68(11,12)13)73-54-25-18-24-53(41-54)70-43-71(61-29-15-14-28-60(61)70)65-56(47-20-16-22-50(37-47)66(5,6)7)26-19-27-57(65)48-21-17-23-51(38-48)67(8,9)10;/h14-33,36-40,43-45H,34-35H2,1-13H3;/q-3;. The molecule has 0 radical (unpaired) electrons. The molecule has 6 heteroatoms. The van der Waals surface area contributed by atoms with E-state index in [0.29, 0.717) is 23.3 Å². The minimum absolute atomic E-state index is 0. The predicted molar refractivity (Wildman–Crippen MR) is 308 cm³/mol. The Hall–Kier alpha value is -6.42. The number of rotatable bonds is 11. The molecule has 0 saturated heterocycles. The van der Waals surface area contributed by atoms with Crippen LogP contribution in [0.1, 0.15) is 118 Å². The van der Waals surface area contributed by atoms with Crippen molar-refractivity contribution >= 4 is 44.6 Å². The third-order valence-electron chi connectivity index (χ3n) is 14.2. The summed E-state index contributed by atoms with van der Waals surface area (Å²) in [5.41, 5.74) is 17.2. The molecule has 1 aliphatic heterocycles. The largest absolute Gasteiger partial charge is 0.509 e. The zero-order chi connectivity index (χ0) is 51.6. The summed E-state index contributed by atoms with van der Waals surface area (Å²) >= 11 is 0. The summed E-state index contributed by atoms with van der Waals surface area (Å²) < 4.78 is 9.28. The smallest absolute Gasteiger partial charge is 0.135 e. The molecule has 0 bridgehead atoms. The fraction of sp³-hybridized carbons (Fsp3) is 0.294. The van der Waals surface area contributed by atoms with E-state index in [1.165, 1.54) is 49.7 Å². The third-order valence-corrected chi connectivity index (χ3v) is 14.2. The molecule has 74 heavy (non-hydrogen) atoms. The molecule has 10 rings (SSSR count). The van der Waals surface area contributed by atoms with E-state index in [0.717, 1.165) is 63.6 Å². The first kappa shape index (κ1) is 52.4. The molecule has 382 valence electrons. The second-order valence-electron chi connectivity index (χ2n) is 24.1. The van der Waals surface area contributed by atoms with Crippen molar-refractivity contribution in [1.82, 2.24) is 9.55 Å². The van der Waals surface area contributed by atoms with Crippen molar-refractivity contribution in [3.63, 3.8) is 0 Å². The van der Waals surface area contributed by atoms with E-state index in [1.54, 1.807) is 0 Å². The Morgan fingerprint density at radius 1 is 0.554 bits per heavy atom. The molecule has 5 nitrogen and oxygen atoms in total. The summed E-state index contributed by atoms with van der Waals surface area (Å²) in [5.74, 6) is 3.10. The van der Waals surface area contributed by atoms with Gasteiger partial charge in [-0.3, -0.25) is 0 Å². The SMILES string of the molecule is CC(C)Cc1ccc2c(c1)c1c(CC(C)C)cc(Oc3[c-]c(N4[CH-]N(c5c(-c6cccc(C(C)(C)C)c6)cccc5-c5cccc(C(C)(C)C)c5)c5ccccc54)ccc3)[c-]c1n2-c1cc(C(C)(C)C)ccn1.[Pt]. The van der Waals surface area contributed by atoms with E-state index in [2.05, 4.69) is 263 Å². The van der Waals surface area contributed by atoms with Crippen LogP contribution in [0.5, 0.6) is 11.5 Å². The number of pyridine rings is 1. The summed E-state index contributed by atoms with van der Waals surface area (Å²) in [5, 5.41) is 2.44. The summed E-state index contributed by atoms with van der Waals surface area (Å²) in [7, 11) is 0. The first-order chi connectivity index (χ1) is 34.7. The number of benzene rings is 7. The van der Waals surface area contributed by atoms with Gasteiger partial charge < -0.3 is 19.1 Å². The van der Waals surface area contributed by atoms with Gasteiger partial charge in [-0.15, -0.1) is 48.3 Å². The summed E-state index contributed by atoms with van der Waals surface area (Å²) in [6.07, 6.45) is 3.84. The van der Waals surface area contributed by atoms with Gasteiger partial charge in [0.1, 0.15) is 5.82 Å². The van der Waals surface area contributed by atoms with Gasteiger partial charge in [0.25, 0.3) is 0 Å². The first-order valence-electron chi connectivity index (χ1n) is 26.3. The molecule has 0 spiro atoms. The van der Waals surface area contributed by atoms with Crippen LogP contribution < -0.4 is 14.5 Å². The van der Waals surface area contributed by atoms with Gasteiger partial charge in [0.05, 0.1) is 0 Å². The van der Waals surface area contributed by atoms with Gasteiger partial charge in [-0.25, -0.2) is 4.98 Å². The van der Waals surface area contributed by atoms with Gasteiger partial charge in [0, 0.05) is 72.5 Å². The summed E-state index contributed by atoms with van der Waals surface area (Å²) in [6.45, 7) is 31.9. The molecular weight excluding hydrogens is 1080 g/mol. The van der Waals surface area contributed by atoms with Crippen LogP contribution >= 0.6 is 0 Å². The van der Waals surface area contributed by atoms with E-state index in [9.17, 15) is 0 Å². The maximum atomic E-state index is 6.98. The van der Waals surface area contributed by atoms with Gasteiger partial charge in [0.2, 0.25) is 0 Å². The number of fused-ring (bicyclic) bond motifs is 4. The van der Waals surface area contributed by atoms with Gasteiger partial charge in [0.15, 0.2) is 0 Å². The molecule has 0 fully saturated rings. The molecule has 0 aliphatic carbocycles. The van der Waals surface area contributed by atoms with Crippen LogP contribution in [0.4, 0.5) is 22.7 Å². The van der Waals surface area contributed by atoms with Crippen LogP contribution in [0.2, 0.25) is 0 Å². The molecule has 0 saturated carbocycles. The molecule has 0 unspecified atom stereocenters. The van der Waals surface area contributed by atoms with E-state index in [-0.39, 0.29) is 37.3 Å². The third kappa shape index (κ3) is 10.5. The van der Waals surface area contributed by atoms with Crippen LogP contribution in [0.25, 0.3) is 49.9 Å². The van der Waals surface area contributed by atoms with Crippen LogP contribution in [-0.4, -0.2) is 9.55 Å². The van der Waals surface area contributed by atoms with Crippen molar-refractivity contribution in [3.05, 3.63) is 198 Å². The van der Waals surface area contributed by atoms with Crippen molar-refractivity contribution < 1.29 is 25.8 Å². The maximum Gasteiger partial charge on any atom is 0.135 e. The van der Waals surface area contributed by atoms with Crippen molar-refractivity contribution in [3.8, 4) is 39.6 Å². The van der Waals surface area contributed by atoms with Crippen molar-refractivity contribution in [2.45, 2.75) is 119 Å². The Labute approximate surface area is 455 Å². The molecule has 7 aromatic carbocycles. The Kier molecular flexibility index (Phi) is 14.4. The van der Waals surface area contributed by atoms with E-state index < -0.39 is 0 Å². The number of anilines is 4. The average Bonchev–Trinajstić information content (AvgIpc) is 3.89. The van der Waals surface area contributed by atoms with E-state index in [4.69, 9.17) is 9.72 Å². The number of hydrogen-bond donors (Lipinski definition) is 0. The quantitative estimate of drug-likeness (QED) is 0.121. The summed E-state index contributed by atoms with van der Waals surface area (Å²) in [4.78, 5) is 9.65.